The second-order valence-electron chi connectivity index (χ2n) is 3.94. The molecule has 0 amide bonds. The van der Waals surface area contributed by atoms with Crippen LogP contribution in [0.1, 0.15) is 30.1 Å². The molecule has 0 N–H and O–H groups in total. The molecule has 0 unspecified atom stereocenters. The van der Waals surface area contributed by atoms with Crippen molar-refractivity contribution in [2.45, 2.75) is 19.8 Å². The standard InChI is InChI=1S/C14H17ClO4/c1-11(16)12-3-5-13(6-4-12)18-9-2-10-19-14(17)7-8-15/h3-6H,2,7-10H2,1H3. The number of ketones is 1. The lowest BCUT2D eigenvalue weighted by Gasteiger charge is -2.07. The second-order valence-corrected chi connectivity index (χ2v) is 4.32. The lowest BCUT2D eigenvalue weighted by atomic mass is 10.1. The molecule has 0 bridgehead atoms. The minimum absolute atomic E-state index is 0.0257. The fourth-order valence-electron chi connectivity index (χ4n) is 1.37. The van der Waals surface area contributed by atoms with Crippen LogP contribution in [0.2, 0.25) is 0 Å². The number of esters is 1. The summed E-state index contributed by atoms with van der Waals surface area (Å²) in [6.45, 7) is 2.29. The molecule has 0 aliphatic heterocycles. The predicted octanol–water partition coefficient (Wildman–Crippen LogP) is 2.83. The monoisotopic (exact) mass is 284 g/mol. The number of ether oxygens (including phenoxy) is 2. The highest BCUT2D eigenvalue weighted by Crippen LogP contribution is 2.12. The maximum atomic E-state index is 11.1. The van der Waals surface area contributed by atoms with Crippen LogP contribution >= 0.6 is 11.6 Å². The Morgan fingerprint density at radius 2 is 1.84 bits per heavy atom. The fraction of sp³-hybridized carbons (Fsp3) is 0.429. The number of hydrogen-bond donors (Lipinski definition) is 0. The van der Waals surface area contributed by atoms with Gasteiger partial charge in [0, 0.05) is 17.9 Å². The van der Waals surface area contributed by atoms with E-state index in [2.05, 4.69) is 0 Å². The number of hydrogen-bond acceptors (Lipinski definition) is 4. The van der Waals surface area contributed by atoms with Crippen LogP contribution in [-0.4, -0.2) is 30.8 Å². The number of carbonyl (C=O) groups is 2. The molecule has 0 saturated carbocycles. The van der Waals surface area contributed by atoms with E-state index in [1.54, 1.807) is 24.3 Å². The zero-order valence-corrected chi connectivity index (χ0v) is 11.6. The maximum absolute atomic E-state index is 11.1. The Labute approximate surface area is 117 Å². The molecule has 104 valence electrons. The van der Waals surface area contributed by atoms with Crippen molar-refractivity contribution in [3.63, 3.8) is 0 Å². The molecule has 0 aliphatic carbocycles. The Hall–Kier alpha value is -1.55. The van der Waals surface area contributed by atoms with Crippen LogP contribution in [-0.2, 0) is 9.53 Å². The molecule has 0 saturated heterocycles. The van der Waals surface area contributed by atoms with Gasteiger partial charge in [-0.1, -0.05) is 0 Å². The van der Waals surface area contributed by atoms with Gasteiger partial charge in [0.05, 0.1) is 19.6 Å². The van der Waals surface area contributed by atoms with Crippen molar-refractivity contribution in [2.24, 2.45) is 0 Å². The van der Waals surface area contributed by atoms with Crippen LogP contribution in [0.25, 0.3) is 0 Å². The molecule has 19 heavy (non-hydrogen) atoms. The van der Waals surface area contributed by atoms with Gasteiger partial charge in [0.15, 0.2) is 5.78 Å². The minimum Gasteiger partial charge on any atom is -0.493 e. The van der Waals surface area contributed by atoms with Crippen LogP contribution in [0.3, 0.4) is 0 Å². The topological polar surface area (TPSA) is 52.6 Å². The molecule has 0 aromatic heterocycles. The van der Waals surface area contributed by atoms with Gasteiger partial charge in [-0.25, -0.2) is 0 Å². The zero-order chi connectivity index (χ0) is 14.1. The number of Topliss-reactive ketones (excluding diaryl/α,β-unsaturated/α-hetero) is 1. The van der Waals surface area contributed by atoms with Gasteiger partial charge in [0.2, 0.25) is 0 Å². The van der Waals surface area contributed by atoms with Crippen molar-refractivity contribution >= 4 is 23.4 Å². The first-order valence-corrected chi connectivity index (χ1v) is 6.62. The maximum Gasteiger partial charge on any atom is 0.306 e. The summed E-state index contributed by atoms with van der Waals surface area (Å²) in [5, 5.41) is 0. The molecular weight excluding hydrogens is 268 g/mol. The molecule has 0 fully saturated rings. The first kappa shape index (κ1) is 15.5. The van der Waals surface area contributed by atoms with Crippen molar-refractivity contribution in [3.8, 4) is 5.75 Å². The van der Waals surface area contributed by atoms with E-state index >= 15 is 0 Å². The lowest BCUT2D eigenvalue weighted by molar-refractivity contribution is -0.143. The minimum atomic E-state index is -0.291. The van der Waals surface area contributed by atoms with Crippen molar-refractivity contribution in [3.05, 3.63) is 29.8 Å². The molecule has 5 heteroatoms. The van der Waals surface area contributed by atoms with Crippen molar-refractivity contribution in [1.82, 2.24) is 0 Å². The molecule has 0 radical (unpaired) electrons. The fourth-order valence-corrected chi connectivity index (χ4v) is 1.52. The SMILES string of the molecule is CC(=O)c1ccc(OCCCOC(=O)CCCl)cc1. The second kappa shape index (κ2) is 8.53. The van der Waals surface area contributed by atoms with Gasteiger partial charge in [0.25, 0.3) is 0 Å². The number of carbonyl (C=O) groups excluding carboxylic acids is 2. The van der Waals surface area contributed by atoms with Gasteiger partial charge in [-0.2, -0.15) is 0 Å². The summed E-state index contributed by atoms with van der Waals surface area (Å²) >= 11 is 5.40. The van der Waals surface area contributed by atoms with E-state index in [4.69, 9.17) is 21.1 Å². The molecule has 4 nitrogen and oxygen atoms in total. The van der Waals surface area contributed by atoms with Gasteiger partial charge in [-0.3, -0.25) is 9.59 Å². The Morgan fingerprint density at radius 3 is 2.42 bits per heavy atom. The number of alkyl halides is 1. The van der Waals surface area contributed by atoms with Gasteiger partial charge < -0.3 is 9.47 Å². The van der Waals surface area contributed by atoms with Crippen LogP contribution in [0, 0.1) is 0 Å². The van der Waals surface area contributed by atoms with Crippen LogP contribution in [0.5, 0.6) is 5.75 Å². The molecular formula is C14H17ClO4. The summed E-state index contributed by atoms with van der Waals surface area (Å²) < 4.78 is 10.4. The quantitative estimate of drug-likeness (QED) is 0.319. The summed E-state index contributed by atoms with van der Waals surface area (Å²) in [5.41, 5.74) is 0.655. The van der Waals surface area contributed by atoms with Crippen molar-refractivity contribution in [2.75, 3.05) is 19.1 Å². The number of halogens is 1. The van der Waals surface area contributed by atoms with E-state index in [1.807, 2.05) is 0 Å². The number of benzene rings is 1. The van der Waals surface area contributed by atoms with E-state index in [0.717, 1.165) is 0 Å². The molecule has 1 rings (SSSR count). The van der Waals surface area contributed by atoms with E-state index in [1.165, 1.54) is 6.92 Å². The third-order valence-corrected chi connectivity index (χ3v) is 2.57. The Morgan fingerprint density at radius 1 is 1.16 bits per heavy atom. The van der Waals surface area contributed by atoms with Gasteiger partial charge >= 0.3 is 5.97 Å². The highest BCUT2D eigenvalue weighted by Gasteiger charge is 2.02. The van der Waals surface area contributed by atoms with Crippen LogP contribution in [0.15, 0.2) is 24.3 Å². The Kier molecular flexibility index (Phi) is 6.97. The summed E-state index contributed by atoms with van der Waals surface area (Å²) in [6.07, 6.45) is 0.845. The Bertz CT molecular complexity index is 414. The van der Waals surface area contributed by atoms with Crippen LogP contribution in [0.4, 0.5) is 0 Å². The normalized spacial score (nSPS) is 10.0. The first-order valence-electron chi connectivity index (χ1n) is 6.09. The van der Waals surface area contributed by atoms with E-state index in [-0.39, 0.29) is 24.1 Å². The van der Waals surface area contributed by atoms with Crippen LogP contribution < -0.4 is 4.74 Å². The molecule has 0 atom stereocenters. The van der Waals surface area contributed by atoms with Crippen molar-refractivity contribution in [1.29, 1.82) is 0 Å². The predicted molar refractivity (Wildman–Crippen MR) is 72.9 cm³/mol. The molecule has 0 heterocycles. The van der Waals surface area contributed by atoms with Crippen molar-refractivity contribution < 1.29 is 19.1 Å². The third kappa shape index (κ3) is 6.25. The smallest absolute Gasteiger partial charge is 0.306 e. The molecule has 0 spiro atoms. The largest absolute Gasteiger partial charge is 0.493 e. The average Bonchev–Trinajstić information content (AvgIpc) is 2.39. The highest BCUT2D eigenvalue weighted by molar-refractivity contribution is 6.18. The van der Waals surface area contributed by atoms with Gasteiger partial charge in [-0.15, -0.1) is 11.6 Å². The zero-order valence-electron chi connectivity index (χ0n) is 10.9. The Balaban J connectivity index is 2.19. The van der Waals surface area contributed by atoms with E-state index in [0.29, 0.717) is 30.9 Å². The van der Waals surface area contributed by atoms with Gasteiger partial charge in [-0.05, 0) is 31.2 Å². The summed E-state index contributed by atoms with van der Waals surface area (Å²) in [6, 6.07) is 6.93. The average molecular weight is 285 g/mol. The van der Waals surface area contributed by atoms with E-state index in [9.17, 15) is 9.59 Å². The molecule has 1 aromatic carbocycles. The lowest BCUT2D eigenvalue weighted by Crippen LogP contribution is -2.09. The summed E-state index contributed by atoms with van der Waals surface area (Å²) in [5.74, 6) is 0.702. The van der Waals surface area contributed by atoms with Gasteiger partial charge in [0.1, 0.15) is 5.75 Å². The summed E-state index contributed by atoms with van der Waals surface area (Å²) in [4.78, 5) is 22.1. The third-order valence-electron chi connectivity index (χ3n) is 2.38. The van der Waals surface area contributed by atoms with E-state index < -0.39 is 0 Å². The number of rotatable bonds is 8. The summed E-state index contributed by atoms with van der Waals surface area (Å²) in [7, 11) is 0. The molecule has 1 aromatic rings. The first-order chi connectivity index (χ1) is 9.13. The molecule has 0 aliphatic rings. The highest BCUT2D eigenvalue weighted by atomic mass is 35.5.